The summed E-state index contributed by atoms with van der Waals surface area (Å²) in [5.41, 5.74) is 13.5. The maximum Gasteiger partial charge on any atom is 0.138 e. The molecule has 0 spiro atoms. The number of fused-ring (bicyclic) bond motifs is 3. The molecular weight excluding hydrogens is 685 g/mol. The van der Waals surface area contributed by atoms with E-state index >= 15 is 0 Å². The van der Waals surface area contributed by atoms with E-state index in [2.05, 4.69) is 194 Å². The zero-order valence-corrected chi connectivity index (χ0v) is 34.4. The van der Waals surface area contributed by atoms with Gasteiger partial charge in [0.2, 0.25) is 0 Å². The van der Waals surface area contributed by atoms with Crippen LogP contribution in [0.5, 0.6) is 11.5 Å². The van der Waals surface area contributed by atoms with Gasteiger partial charge in [0.05, 0.1) is 28.1 Å². The van der Waals surface area contributed by atoms with Crippen molar-refractivity contribution in [2.75, 3.05) is 0 Å². The van der Waals surface area contributed by atoms with E-state index in [1.165, 1.54) is 38.9 Å². The highest BCUT2D eigenvalue weighted by atomic mass is 16.5. The summed E-state index contributed by atoms with van der Waals surface area (Å²) in [7, 11) is 0. The average molecular weight is 737 g/mol. The Bertz CT molecular complexity index is 2710. The number of ether oxygens (including phenoxy) is 1. The van der Waals surface area contributed by atoms with Crippen LogP contribution < -0.4 is 4.74 Å². The lowest BCUT2D eigenvalue weighted by Crippen LogP contribution is -2.19. The van der Waals surface area contributed by atoms with E-state index in [1.54, 1.807) is 0 Å². The number of benzene rings is 5. The molecule has 0 saturated carbocycles. The van der Waals surface area contributed by atoms with Gasteiger partial charge in [0.15, 0.2) is 0 Å². The van der Waals surface area contributed by atoms with Crippen molar-refractivity contribution in [2.45, 2.75) is 86.0 Å². The first-order valence-corrected chi connectivity index (χ1v) is 19.8. The summed E-state index contributed by atoms with van der Waals surface area (Å²) in [5, 5.41) is 7.84. The van der Waals surface area contributed by atoms with E-state index in [9.17, 15) is 0 Å². The number of nitrogens with zero attached hydrogens (tertiary/aromatic N) is 4. The minimum atomic E-state index is -0.209. The van der Waals surface area contributed by atoms with Gasteiger partial charge in [-0.15, -0.1) is 0 Å². The Morgan fingerprint density at radius 3 is 1.98 bits per heavy atom. The molecule has 0 atom stereocenters. The largest absolute Gasteiger partial charge is 0.457 e. The van der Waals surface area contributed by atoms with Gasteiger partial charge in [0.25, 0.3) is 0 Å². The lowest BCUT2D eigenvalue weighted by Gasteiger charge is -2.26. The molecule has 5 nitrogen and oxygen atoms in total. The van der Waals surface area contributed by atoms with E-state index in [0.29, 0.717) is 0 Å². The molecule has 56 heavy (non-hydrogen) atoms. The molecule has 0 amide bonds. The first-order valence-electron chi connectivity index (χ1n) is 19.8. The predicted molar refractivity (Wildman–Crippen MR) is 234 cm³/mol. The van der Waals surface area contributed by atoms with Crippen LogP contribution in [-0.2, 0) is 10.8 Å². The summed E-state index contributed by atoms with van der Waals surface area (Å²) >= 11 is 0. The maximum atomic E-state index is 6.90. The highest BCUT2D eigenvalue weighted by Gasteiger charge is 2.34. The van der Waals surface area contributed by atoms with Crippen molar-refractivity contribution >= 4 is 21.8 Å². The second-order valence-electron chi connectivity index (χ2n) is 17.6. The normalized spacial score (nSPS) is 12.3. The quantitative estimate of drug-likeness (QED) is 0.164. The number of hydrogen-bond donors (Lipinski definition) is 0. The molecule has 0 radical (unpaired) electrons. The molecular formula is C51H52N4O. The van der Waals surface area contributed by atoms with Crippen molar-refractivity contribution in [3.63, 3.8) is 0 Å². The van der Waals surface area contributed by atoms with Crippen LogP contribution in [0.2, 0.25) is 0 Å². The summed E-state index contributed by atoms with van der Waals surface area (Å²) in [6.45, 7) is 22.6. The summed E-state index contributed by atoms with van der Waals surface area (Å²) in [6.07, 6.45) is 1.90. The Kier molecular flexibility index (Phi) is 9.23. The van der Waals surface area contributed by atoms with Gasteiger partial charge in [0.1, 0.15) is 17.3 Å². The Morgan fingerprint density at radius 1 is 0.589 bits per heavy atom. The lowest BCUT2D eigenvalue weighted by atomic mass is 9.79. The number of aryl methyl sites for hydroxylation is 2. The summed E-state index contributed by atoms with van der Waals surface area (Å²) in [6, 6.07) is 42.9. The summed E-state index contributed by atoms with van der Waals surface area (Å²) in [4.78, 5) is 4.90. The number of aromatic nitrogens is 4. The monoisotopic (exact) mass is 736 g/mol. The molecule has 0 fully saturated rings. The molecule has 0 aliphatic carbocycles. The first kappa shape index (κ1) is 37.0. The van der Waals surface area contributed by atoms with Crippen LogP contribution in [-0.4, -0.2) is 19.3 Å². The van der Waals surface area contributed by atoms with Crippen molar-refractivity contribution in [3.8, 4) is 45.3 Å². The molecule has 0 aliphatic rings. The highest BCUT2D eigenvalue weighted by Crippen LogP contribution is 2.45. The van der Waals surface area contributed by atoms with Gasteiger partial charge in [0, 0.05) is 45.5 Å². The van der Waals surface area contributed by atoms with E-state index in [0.717, 1.165) is 56.2 Å². The molecule has 8 rings (SSSR count). The average Bonchev–Trinajstić information content (AvgIpc) is 3.73. The zero-order valence-electron chi connectivity index (χ0n) is 34.4. The third kappa shape index (κ3) is 6.70. The van der Waals surface area contributed by atoms with Gasteiger partial charge in [-0.1, -0.05) is 122 Å². The fourth-order valence-corrected chi connectivity index (χ4v) is 8.14. The van der Waals surface area contributed by atoms with Crippen LogP contribution in [0.4, 0.5) is 0 Å². The molecule has 0 bridgehead atoms. The summed E-state index contributed by atoms with van der Waals surface area (Å²) in [5.74, 6) is 2.68. The minimum absolute atomic E-state index is 0.187. The lowest BCUT2D eigenvalue weighted by molar-refractivity contribution is 0.480. The topological polar surface area (TPSA) is 44.9 Å². The smallest absolute Gasteiger partial charge is 0.138 e. The highest BCUT2D eigenvalue weighted by molar-refractivity contribution is 6.09. The number of para-hydroxylation sites is 1. The number of rotatable bonds is 7. The molecule has 8 aromatic rings. The number of hydrogen-bond acceptors (Lipinski definition) is 3. The van der Waals surface area contributed by atoms with E-state index in [1.807, 2.05) is 12.3 Å². The standard InChI is InChI=1S/C51H52N4O/c1-32(2)37-27-38(55-49(51(8,9)10)47(48(53-55)50(5,6)7)46-33(3)17-16-18-34(46)4)30-40(28-37)56-39-23-24-42-41-21-14-15-22-43(41)54(44(42)31-39)45-29-36(25-26-52-45)35-19-12-11-13-20-35/h11-32H,1-10H3. The predicted octanol–water partition coefficient (Wildman–Crippen LogP) is 13.8. The SMILES string of the molecule is Cc1cccc(C)c1-c1c(C(C)(C)C)nn(-c2cc(Oc3ccc4c5ccccc5n(-c5cc(-c6ccccc6)ccn5)c4c3)cc(C(C)C)c2)c1C(C)(C)C. The van der Waals surface area contributed by atoms with Gasteiger partial charge in [-0.2, -0.15) is 5.10 Å². The van der Waals surface area contributed by atoms with Crippen LogP contribution in [0.15, 0.2) is 128 Å². The van der Waals surface area contributed by atoms with Gasteiger partial charge in [-0.3, -0.25) is 4.57 Å². The Morgan fingerprint density at radius 2 is 1.29 bits per heavy atom. The molecule has 0 aliphatic heterocycles. The van der Waals surface area contributed by atoms with E-state index in [4.69, 9.17) is 14.8 Å². The fourth-order valence-electron chi connectivity index (χ4n) is 8.14. The van der Waals surface area contributed by atoms with Crippen molar-refractivity contribution in [2.24, 2.45) is 0 Å². The Balaban J connectivity index is 1.29. The van der Waals surface area contributed by atoms with Gasteiger partial charge in [-0.25, -0.2) is 9.67 Å². The molecule has 3 aromatic heterocycles. The molecule has 5 aromatic carbocycles. The van der Waals surface area contributed by atoms with Crippen LogP contribution in [0, 0.1) is 13.8 Å². The van der Waals surface area contributed by atoms with Crippen LogP contribution >= 0.6 is 0 Å². The number of pyridine rings is 1. The fraction of sp³-hybridized carbons (Fsp3) is 0.255. The minimum Gasteiger partial charge on any atom is -0.457 e. The van der Waals surface area contributed by atoms with E-state index < -0.39 is 0 Å². The molecule has 0 N–H and O–H groups in total. The van der Waals surface area contributed by atoms with Crippen LogP contribution in [0.1, 0.15) is 89.4 Å². The molecule has 3 heterocycles. The van der Waals surface area contributed by atoms with Gasteiger partial charge >= 0.3 is 0 Å². The van der Waals surface area contributed by atoms with Gasteiger partial charge < -0.3 is 4.74 Å². The van der Waals surface area contributed by atoms with Crippen LogP contribution in [0.25, 0.3) is 55.6 Å². The van der Waals surface area contributed by atoms with Crippen LogP contribution in [0.3, 0.4) is 0 Å². The Labute approximate surface area is 331 Å². The van der Waals surface area contributed by atoms with Crippen molar-refractivity contribution in [3.05, 3.63) is 156 Å². The molecule has 0 saturated heterocycles. The molecule has 282 valence electrons. The maximum absolute atomic E-state index is 6.90. The van der Waals surface area contributed by atoms with Crippen molar-refractivity contribution in [1.82, 2.24) is 19.3 Å². The molecule has 5 heteroatoms. The molecule has 0 unspecified atom stereocenters. The zero-order chi connectivity index (χ0) is 39.5. The third-order valence-corrected chi connectivity index (χ3v) is 10.8. The second-order valence-corrected chi connectivity index (χ2v) is 17.6. The van der Waals surface area contributed by atoms with E-state index in [-0.39, 0.29) is 16.7 Å². The summed E-state index contributed by atoms with van der Waals surface area (Å²) < 4.78 is 11.4. The second kappa shape index (κ2) is 14.0. The Hall–Kier alpha value is -5.94. The first-order chi connectivity index (χ1) is 26.7. The van der Waals surface area contributed by atoms with Gasteiger partial charge in [-0.05, 0) is 95.6 Å². The third-order valence-electron chi connectivity index (χ3n) is 10.8. The van der Waals surface area contributed by atoms with Crippen molar-refractivity contribution in [1.29, 1.82) is 0 Å². The van der Waals surface area contributed by atoms with Crippen molar-refractivity contribution < 1.29 is 4.74 Å².